The molecule has 4 N–H and O–H groups in total. The summed E-state index contributed by atoms with van der Waals surface area (Å²) in [5.74, 6) is -0.835. The molecule has 1 aromatic rings. The van der Waals surface area contributed by atoms with E-state index in [1.165, 1.54) is 0 Å². The quantitative estimate of drug-likeness (QED) is 0.622. The van der Waals surface area contributed by atoms with Crippen LogP contribution in [0.25, 0.3) is 0 Å². The first-order chi connectivity index (χ1) is 7.10. The van der Waals surface area contributed by atoms with E-state index in [4.69, 9.17) is 11.0 Å². The Balaban J connectivity index is 2.98. The molecule has 2 atom stereocenters. The summed E-state index contributed by atoms with van der Waals surface area (Å²) < 4.78 is 13.1. The number of hydrogen-bond acceptors (Lipinski definition) is 5. The Hall–Kier alpha value is -1.55. The van der Waals surface area contributed by atoms with E-state index in [1.807, 2.05) is 0 Å². The van der Waals surface area contributed by atoms with E-state index >= 15 is 0 Å². The third-order valence-electron chi connectivity index (χ3n) is 1.92. The highest BCUT2D eigenvalue weighted by molar-refractivity contribution is 5.26. The van der Waals surface area contributed by atoms with Crippen LogP contribution in [0.3, 0.4) is 0 Å². The molecule has 1 heterocycles. The van der Waals surface area contributed by atoms with Crippen LogP contribution < -0.4 is 5.73 Å². The average molecular weight is 211 g/mol. The monoisotopic (exact) mass is 211 g/mol. The smallest absolute Gasteiger partial charge is 0.176 e. The number of aromatic nitrogens is 1. The molecule has 0 fully saturated rings. The van der Waals surface area contributed by atoms with Crippen molar-refractivity contribution in [3.8, 4) is 6.07 Å². The molecular formula is C9H10FN3O2. The van der Waals surface area contributed by atoms with Gasteiger partial charge in [0.2, 0.25) is 0 Å². The lowest BCUT2D eigenvalue weighted by Gasteiger charge is -2.15. The molecule has 1 rings (SSSR count). The molecule has 0 bridgehead atoms. The summed E-state index contributed by atoms with van der Waals surface area (Å²) in [4.78, 5) is 3.49. The fraction of sp³-hybridized carbons (Fsp3) is 0.333. The van der Waals surface area contributed by atoms with Crippen LogP contribution >= 0.6 is 0 Å². The van der Waals surface area contributed by atoms with Crippen LogP contribution in [0, 0.1) is 17.1 Å². The fourth-order valence-corrected chi connectivity index (χ4v) is 1.05. The Morgan fingerprint density at radius 2 is 2.27 bits per heavy atom. The summed E-state index contributed by atoms with van der Waals surface area (Å²) in [6.45, 7) is -0.150. The molecule has 0 radical (unpaired) electrons. The molecule has 0 aliphatic carbocycles. The van der Waals surface area contributed by atoms with Crippen molar-refractivity contribution in [2.45, 2.75) is 12.2 Å². The Morgan fingerprint density at radius 3 is 2.73 bits per heavy atom. The van der Waals surface area contributed by atoms with Gasteiger partial charge in [-0.05, 0) is 6.07 Å². The van der Waals surface area contributed by atoms with Gasteiger partial charge in [0.05, 0.1) is 6.10 Å². The first-order valence-electron chi connectivity index (χ1n) is 4.22. The standard InChI is InChI=1S/C9H10FN3O2/c10-6-1-5(4-13-7(6)2-11)9(15)8(14)3-12/h1,4,8-9,14-15H,3,12H2. The van der Waals surface area contributed by atoms with Crippen LogP contribution in [0.2, 0.25) is 0 Å². The molecule has 0 spiro atoms. The van der Waals surface area contributed by atoms with Gasteiger partial charge in [-0.2, -0.15) is 5.26 Å². The van der Waals surface area contributed by atoms with Crippen LogP contribution in [0.5, 0.6) is 0 Å². The van der Waals surface area contributed by atoms with Crippen LogP contribution in [-0.2, 0) is 0 Å². The molecule has 1 aromatic heterocycles. The minimum atomic E-state index is -1.30. The SMILES string of the molecule is N#Cc1ncc(C(O)C(O)CN)cc1F. The number of hydrogen-bond donors (Lipinski definition) is 3. The van der Waals surface area contributed by atoms with E-state index in [2.05, 4.69) is 4.98 Å². The Labute approximate surface area is 85.6 Å². The molecule has 5 nitrogen and oxygen atoms in total. The number of nitrogens with zero attached hydrogens (tertiary/aromatic N) is 2. The van der Waals surface area contributed by atoms with Gasteiger partial charge in [-0.1, -0.05) is 0 Å². The van der Waals surface area contributed by atoms with Gasteiger partial charge in [0.1, 0.15) is 12.2 Å². The van der Waals surface area contributed by atoms with Gasteiger partial charge in [0.15, 0.2) is 11.5 Å². The predicted octanol–water partition coefficient (Wildman–Crippen LogP) is -0.555. The maximum absolute atomic E-state index is 13.1. The lowest BCUT2D eigenvalue weighted by Crippen LogP contribution is -2.27. The number of rotatable bonds is 3. The van der Waals surface area contributed by atoms with Crippen LogP contribution in [0.15, 0.2) is 12.3 Å². The van der Waals surface area contributed by atoms with Crippen molar-refractivity contribution in [1.29, 1.82) is 5.26 Å². The predicted molar refractivity (Wildman–Crippen MR) is 48.9 cm³/mol. The zero-order chi connectivity index (χ0) is 11.4. The molecule has 0 saturated carbocycles. The van der Waals surface area contributed by atoms with Gasteiger partial charge < -0.3 is 15.9 Å². The second-order valence-corrected chi connectivity index (χ2v) is 2.96. The average Bonchev–Trinajstić information content (AvgIpc) is 2.26. The van der Waals surface area contributed by atoms with E-state index < -0.39 is 18.0 Å². The van der Waals surface area contributed by atoms with Crippen molar-refractivity contribution in [2.24, 2.45) is 5.73 Å². The molecule has 0 aromatic carbocycles. The van der Waals surface area contributed by atoms with E-state index in [0.29, 0.717) is 0 Å². The summed E-state index contributed by atoms with van der Waals surface area (Å²) in [6, 6.07) is 2.50. The largest absolute Gasteiger partial charge is 0.389 e. The number of nitrogens with two attached hydrogens (primary N) is 1. The number of aliphatic hydroxyl groups excluding tert-OH is 2. The maximum Gasteiger partial charge on any atom is 0.176 e. The minimum absolute atomic E-state index is 0.0875. The fourth-order valence-electron chi connectivity index (χ4n) is 1.05. The number of pyridine rings is 1. The van der Waals surface area contributed by atoms with Crippen LogP contribution in [0.1, 0.15) is 17.4 Å². The molecule has 0 aliphatic rings. The second-order valence-electron chi connectivity index (χ2n) is 2.96. The van der Waals surface area contributed by atoms with Crippen molar-refractivity contribution in [2.75, 3.05) is 6.54 Å². The van der Waals surface area contributed by atoms with Crippen molar-refractivity contribution in [1.82, 2.24) is 4.98 Å². The summed E-state index contributed by atoms with van der Waals surface area (Å²) in [5, 5.41) is 27.1. The Morgan fingerprint density at radius 1 is 1.60 bits per heavy atom. The van der Waals surface area contributed by atoms with Gasteiger partial charge in [-0.15, -0.1) is 0 Å². The van der Waals surface area contributed by atoms with Crippen molar-refractivity contribution in [3.05, 3.63) is 29.3 Å². The van der Waals surface area contributed by atoms with Crippen molar-refractivity contribution >= 4 is 0 Å². The summed E-state index contributed by atoms with van der Waals surface area (Å²) in [7, 11) is 0. The van der Waals surface area contributed by atoms with E-state index in [1.54, 1.807) is 6.07 Å². The lowest BCUT2D eigenvalue weighted by atomic mass is 10.1. The van der Waals surface area contributed by atoms with Crippen LogP contribution in [0.4, 0.5) is 4.39 Å². The normalized spacial score (nSPS) is 14.3. The highest BCUT2D eigenvalue weighted by Crippen LogP contribution is 2.17. The molecule has 0 amide bonds. The van der Waals surface area contributed by atoms with Crippen molar-refractivity contribution in [3.63, 3.8) is 0 Å². The zero-order valence-electron chi connectivity index (χ0n) is 7.76. The third-order valence-corrected chi connectivity index (χ3v) is 1.92. The van der Waals surface area contributed by atoms with E-state index in [-0.39, 0.29) is 17.8 Å². The minimum Gasteiger partial charge on any atom is -0.389 e. The molecular weight excluding hydrogens is 201 g/mol. The molecule has 2 unspecified atom stereocenters. The first-order valence-corrected chi connectivity index (χ1v) is 4.22. The number of halogens is 1. The van der Waals surface area contributed by atoms with Gasteiger partial charge in [-0.25, -0.2) is 9.37 Å². The Kier molecular flexibility index (Phi) is 3.68. The van der Waals surface area contributed by atoms with E-state index in [0.717, 1.165) is 12.3 Å². The highest BCUT2D eigenvalue weighted by Gasteiger charge is 2.18. The van der Waals surface area contributed by atoms with Gasteiger partial charge >= 0.3 is 0 Å². The summed E-state index contributed by atoms with van der Waals surface area (Å²) >= 11 is 0. The first kappa shape index (κ1) is 11.5. The lowest BCUT2D eigenvalue weighted by molar-refractivity contribution is 0.0239. The highest BCUT2D eigenvalue weighted by atomic mass is 19.1. The second kappa shape index (κ2) is 4.79. The number of nitriles is 1. The van der Waals surface area contributed by atoms with Crippen LogP contribution in [-0.4, -0.2) is 27.8 Å². The van der Waals surface area contributed by atoms with Gasteiger partial charge in [0.25, 0.3) is 0 Å². The van der Waals surface area contributed by atoms with Crippen molar-refractivity contribution < 1.29 is 14.6 Å². The zero-order valence-corrected chi connectivity index (χ0v) is 7.76. The molecule has 0 aliphatic heterocycles. The Bertz CT molecular complexity index is 391. The summed E-state index contributed by atoms with van der Waals surface area (Å²) in [6.07, 6.45) is -1.35. The van der Waals surface area contributed by atoms with Gasteiger partial charge in [0, 0.05) is 18.3 Å². The summed E-state index contributed by atoms with van der Waals surface area (Å²) in [5.41, 5.74) is 4.86. The maximum atomic E-state index is 13.1. The topological polar surface area (TPSA) is 103 Å². The molecule has 80 valence electrons. The molecule has 15 heavy (non-hydrogen) atoms. The molecule has 6 heteroatoms. The number of aliphatic hydroxyl groups is 2. The molecule has 0 saturated heterocycles. The third kappa shape index (κ3) is 2.47. The van der Waals surface area contributed by atoms with E-state index in [9.17, 15) is 14.6 Å². The van der Waals surface area contributed by atoms with Gasteiger partial charge in [-0.3, -0.25) is 0 Å².